The molecular formula is C22H16FN3OS2. The lowest BCUT2D eigenvalue weighted by Crippen LogP contribution is -2.29. The average molecular weight is 422 g/mol. The third-order valence-electron chi connectivity index (χ3n) is 4.12. The van der Waals surface area contributed by atoms with Gasteiger partial charge in [-0.05, 0) is 35.5 Å². The third kappa shape index (κ3) is 4.36. The molecule has 1 amide bonds. The van der Waals surface area contributed by atoms with Gasteiger partial charge in [0, 0.05) is 17.5 Å². The Kier molecular flexibility index (Phi) is 5.69. The number of benzene rings is 2. The summed E-state index contributed by atoms with van der Waals surface area (Å²) in [4.78, 5) is 24.1. The van der Waals surface area contributed by atoms with Crippen LogP contribution in [-0.2, 0) is 4.79 Å². The quantitative estimate of drug-likeness (QED) is 0.390. The molecule has 3 aromatic rings. The van der Waals surface area contributed by atoms with Crippen molar-refractivity contribution in [2.45, 2.75) is 0 Å². The Balaban J connectivity index is 1.63. The number of halogens is 1. The maximum Gasteiger partial charge on any atom is 0.267 e. The first-order chi connectivity index (χ1) is 14.1. The van der Waals surface area contributed by atoms with Crippen molar-refractivity contribution < 1.29 is 9.18 Å². The minimum atomic E-state index is -0.314. The van der Waals surface area contributed by atoms with Crippen LogP contribution in [0, 0.1) is 5.82 Å². The molecule has 1 aliphatic rings. The Morgan fingerprint density at radius 1 is 1.14 bits per heavy atom. The Labute approximate surface area is 176 Å². The molecular weight excluding hydrogens is 405 g/mol. The lowest BCUT2D eigenvalue weighted by atomic mass is 10.2. The van der Waals surface area contributed by atoms with E-state index in [0.717, 1.165) is 16.8 Å². The second kappa shape index (κ2) is 8.55. The summed E-state index contributed by atoms with van der Waals surface area (Å²) in [7, 11) is 0. The van der Waals surface area contributed by atoms with Gasteiger partial charge in [-0.1, -0.05) is 48.5 Å². The molecule has 0 unspecified atom stereocenters. The summed E-state index contributed by atoms with van der Waals surface area (Å²) in [6, 6.07) is 15.9. The maximum absolute atomic E-state index is 13.1. The monoisotopic (exact) mass is 421 g/mol. The van der Waals surface area contributed by atoms with Crippen LogP contribution in [0.4, 0.5) is 9.52 Å². The van der Waals surface area contributed by atoms with Gasteiger partial charge < -0.3 is 0 Å². The Morgan fingerprint density at radius 3 is 2.62 bits per heavy atom. The number of carbonyl (C=O) groups is 1. The van der Waals surface area contributed by atoms with Crippen LogP contribution in [0.15, 0.2) is 82.5 Å². The van der Waals surface area contributed by atoms with Crippen LogP contribution in [0.3, 0.4) is 0 Å². The van der Waals surface area contributed by atoms with Crippen molar-refractivity contribution in [2.75, 3.05) is 6.54 Å². The molecule has 4 rings (SSSR count). The first-order valence-electron chi connectivity index (χ1n) is 8.81. The summed E-state index contributed by atoms with van der Waals surface area (Å²) in [6.07, 6.45) is 3.40. The number of hydrogen-bond donors (Lipinski definition) is 0. The zero-order valence-corrected chi connectivity index (χ0v) is 16.9. The summed E-state index contributed by atoms with van der Waals surface area (Å²) < 4.78 is 13.1. The molecule has 2 heterocycles. The lowest BCUT2D eigenvalue weighted by Gasteiger charge is -2.11. The number of amides is 1. The number of rotatable bonds is 5. The van der Waals surface area contributed by atoms with Crippen LogP contribution in [0.25, 0.3) is 17.3 Å². The molecule has 0 N–H and O–H groups in total. The first kappa shape index (κ1) is 19.3. The van der Waals surface area contributed by atoms with Crippen molar-refractivity contribution >= 4 is 45.4 Å². The normalized spacial score (nSPS) is 16.7. The average Bonchev–Trinajstić information content (AvgIpc) is 3.31. The van der Waals surface area contributed by atoms with E-state index in [1.807, 2.05) is 35.7 Å². The highest BCUT2D eigenvalue weighted by molar-refractivity contribution is 8.18. The Morgan fingerprint density at radius 2 is 1.90 bits per heavy atom. The Hall–Kier alpha value is -3.03. The fourth-order valence-electron chi connectivity index (χ4n) is 2.73. The van der Waals surface area contributed by atoms with E-state index in [2.05, 4.69) is 16.6 Å². The van der Waals surface area contributed by atoms with Crippen LogP contribution in [0.1, 0.15) is 5.56 Å². The van der Waals surface area contributed by atoms with Gasteiger partial charge in [0.2, 0.25) is 5.13 Å². The number of hydrogen-bond acceptors (Lipinski definition) is 5. The van der Waals surface area contributed by atoms with Gasteiger partial charge in [0.25, 0.3) is 5.91 Å². The highest BCUT2D eigenvalue weighted by atomic mass is 32.2. The molecule has 4 nitrogen and oxygen atoms in total. The molecule has 0 spiro atoms. The lowest BCUT2D eigenvalue weighted by molar-refractivity contribution is -0.121. The molecule has 0 atom stereocenters. The molecule has 1 saturated heterocycles. The van der Waals surface area contributed by atoms with Crippen molar-refractivity contribution in [2.24, 2.45) is 4.99 Å². The van der Waals surface area contributed by atoms with Crippen molar-refractivity contribution in [3.05, 3.63) is 88.9 Å². The van der Waals surface area contributed by atoms with Crippen LogP contribution >= 0.6 is 23.1 Å². The van der Waals surface area contributed by atoms with E-state index in [0.29, 0.717) is 21.7 Å². The second-order valence-corrected chi connectivity index (χ2v) is 7.99. The van der Waals surface area contributed by atoms with Gasteiger partial charge in [0.05, 0.1) is 10.6 Å². The summed E-state index contributed by atoms with van der Waals surface area (Å²) in [5.74, 6) is -0.469. The van der Waals surface area contributed by atoms with Crippen LogP contribution < -0.4 is 0 Å². The molecule has 2 aromatic carbocycles. The van der Waals surface area contributed by atoms with Gasteiger partial charge in [-0.3, -0.25) is 9.69 Å². The van der Waals surface area contributed by atoms with Crippen LogP contribution in [0.5, 0.6) is 0 Å². The molecule has 7 heteroatoms. The molecule has 1 aliphatic heterocycles. The van der Waals surface area contributed by atoms with E-state index in [1.54, 1.807) is 29.2 Å². The van der Waals surface area contributed by atoms with Gasteiger partial charge in [-0.15, -0.1) is 17.9 Å². The summed E-state index contributed by atoms with van der Waals surface area (Å²) in [6.45, 7) is 4.08. The first-order valence-corrected chi connectivity index (χ1v) is 10.5. The molecule has 0 radical (unpaired) electrons. The maximum atomic E-state index is 13.1. The topological polar surface area (TPSA) is 45.6 Å². The fourth-order valence-corrected chi connectivity index (χ4v) is 4.47. The standard InChI is InChI=1S/C22H16FN3OS2/c1-2-12-26-20(27)19(13-15-8-10-17(23)11-9-15)29-22(26)25-21-24-18(14-28-21)16-6-4-3-5-7-16/h2-11,13-14H,1,12H2/b19-13-,25-22+. The van der Waals surface area contributed by atoms with E-state index in [4.69, 9.17) is 0 Å². The number of aromatic nitrogens is 1. The van der Waals surface area contributed by atoms with Crippen LogP contribution in [0.2, 0.25) is 0 Å². The number of amidine groups is 1. The number of thioether (sulfide) groups is 1. The third-order valence-corrected chi connectivity index (χ3v) is 5.86. The van der Waals surface area contributed by atoms with E-state index in [9.17, 15) is 9.18 Å². The minimum absolute atomic E-state index is 0.155. The zero-order valence-electron chi connectivity index (χ0n) is 15.3. The minimum Gasteiger partial charge on any atom is -0.282 e. The van der Waals surface area contributed by atoms with Gasteiger partial charge >= 0.3 is 0 Å². The number of carbonyl (C=O) groups excluding carboxylic acids is 1. The predicted octanol–water partition coefficient (Wildman–Crippen LogP) is 5.74. The van der Waals surface area contributed by atoms with E-state index in [-0.39, 0.29) is 11.7 Å². The Bertz CT molecular complexity index is 1100. The smallest absolute Gasteiger partial charge is 0.267 e. The van der Waals surface area contributed by atoms with Crippen LogP contribution in [-0.4, -0.2) is 27.5 Å². The van der Waals surface area contributed by atoms with Crippen molar-refractivity contribution in [3.63, 3.8) is 0 Å². The molecule has 0 bridgehead atoms. The van der Waals surface area contributed by atoms with E-state index < -0.39 is 0 Å². The van der Waals surface area contributed by atoms with Gasteiger partial charge in [-0.2, -0.15) is 4.99 Å². The molecule has 1 fully saturated rings. The predicted molar refractivity (Wildman–Crippen MR) is 119 cm³/mol. The molecule has 0 saturated carbocycles. The number of thiazole rings is 1. The van der Waals surface area contributed by atoms with E-state index >= 15 is 0 Å². The summed E-state index contributed by atoms with van der Waals surface area (Å²) in [5.41, 5.74) is 2.62. The SMILES string of the molecule is C=CCN1C(=O)/C(=C/c2ccc(F)cc2)S/C1=N/c1nc(-c2ccccc2)cs1. The summed E-state index contributed by atoms with van der Waals surface area (Å²) >= 11 is 2.70. The largest absolute Gasteiger partial charge is 0.282 e. The second-order valence-electron chi connectivity index (χ2n) is 6.14. The molecule has 0 aliphatic carbocycles. The molecule has 144 valence electrons. The highest BCUT2D eigenvalue weighted by Gasteiger charge is 2.32. The number of nitrogens with zero attached hydrogens (tertiary/aromatic N) is 3. The highest BCUT2D eigenvalue weighted by Crippen LogP contribution is 2.35. The molecule has 29 heavy (non-hydrogen) atoms. The fraction of sp³-hybridized carbons (Fsp3) is 0.0455. The zero-order chi connectivity index (χ0) is 20.2. The summed E-state index contributed by atoms with van der Waals surface area (Å²) in [5, 5.41) is 3.08. The molecule has 1 aromatic heterocycles. The van der Waals surface area contributed by atoms with Gasteiger partial charge in [-0.25, -0.2) is 9.37 Å². The van der Waals surface area contributed by atoms with Crippen molar-refractivity contribution in [1.29, 1.82) is 0 Å². The number of aliphatic imine (C=N–C) groups is 1. The van der Waals surface area contributed by atoms with Crippen molar-refractivity contribution in [1.82, 2.24) is 9.88 Å². The van der Waals surface area contributed by atoms with Gasteiger partial charge in [0.1, 0.15) is 5.82 Å². The van der Waals surface area contributed by atoms with Crippen molar-refractivity contribution in [3.8, 4) is 11.3 Å². The van der Waals surface area contributed by atoms with E-state index in [1.165, 1.54) is 35.2 Å². The van der Waals surface area contributed by atoms with Gasteiger partial charge in [0.15, 0.2) is 5.17 Å².